The van der Waals surface area contributed by atoms with Crippen molar-refractivity contribution in [1.82, 2.24) is 4.31 Å². The molecule has 0 N–H and O–H groups in total. The molecule has 10 heavy (non-hydrogen) atoms. The van der Waals surface area contributed by atoms with Gasteiger partial charge in [0, 0.05) is 23.9 Å². The van der Waals surface area contributed by atoms with E-state index in [4.69, 9.17) is 4.74 Å². The molecule has 4 nitrogen and oxygen atoms in total. The highest BCUT2D eigenvalue weighted by Crippen LogP contribution is 2.10. The normalized spacial score (nSPS) is 29.3. The number of hydrogen-bond donors (Lipinski definition) is 0. The molecule has 2 unspecified atom stereocenters. The average Bonchev–Trinajstić information content (AvgIpc) is 2.36. The van der Waals surface area contributed by atoms with Crippen molar-refractivity contribution in [3.8, 4) is 0 Å². The second-order valence-corrected chi connectivity index (χ2v) is 3.29. The van der Waals surface area contributed by atoms with Gasteiger partial charge in [-0.1, -0.05) is 0 Å². The largest absolute Gasteiger partial charge is 0.760 e. The Morgan fingerprint density at radius 3 is 2.90 bits per heavy atom. The molecule has 0 spiro atoms. The van der Waals surface area contributed by atoms with Gasteiger partial charge in [0.25, 0.3) is 0 Å². The highest BCUT2D eigenvalue weighted by Gasteiger charge is 2.20. The maximum atomic E-state index is 10.4. The van der Waals surface area contributed by atoms with Crippen molar-refractivity contribution < 1.29 is 13.5 Å². The van der Waals surface area contributed by atoms with Crippen molar-refractivity contribution in [2.75, 3.05) is 20.3 Å². The van der Waals surface area contributed by atoms with Crippen LogP contribution in [-0.4, -0.2) is 39.4 Å². The SMILES string of the molecule is CN(C1CCOC1)S(=O)[O-]. The molecular weight excluding hydrogens is 154 g/mol. The van der Waals surface area contributed by atoms with Crippen LogP contribution in [-0.2, 0) is 16.0 Å². The van der Waals surface area contributed by atoms with Gasteiger partial charge in [0.05, 0.1) is 6.61 Å². The minimum absolute atomic E-state index is 0.0540. The molecule has 1 heterocycles. The number of rotatable bonds is 2. The molecule has 0 aliphatic carbocycles. The molecular formula is C5H10NO3S-. The van der Waals surface area contributed by atoms with E-state index >= 15 is 0 Å². The van der Waals surface area contributed by atoms with E-state index in [1.54, 1.807) is 7.05 Å². The predicted octanol–water partition coefficient (Wildman–Crippen LogP) is -0.499. The summed E-state index contributed by atoms with van der Waals surface area (Å²) in [5.41, 5.74) is 0. The van der Waals surface area contributed by atoms with Crippen LogP contribution in [0.3, 0.4) is 0 Å². The molecule has 1 aliphatic rings. The molecule has 0 saturated carbocycles. The smallest absolute Gasteiger partial charge is 0.0632 e. The van der Waals surface area contributed by atoms with Gasteiger partial charge in [-0.25, -0.2) is 4.31 Å². The van der Waals surface area contributed by atoms with Crippen molar-refractivity contribution in [3.05, 3.63) is 0 Å². The molecule has 1 fully saturated rings. The zero-order chi connectivity index (χ0) is 7.56. The highest BCUT2D eigenvalue weighted by atomic mass is 32.2. The topological polar surface area (TPSA) is 52.6 Å². The van der Waals surface area contributed by atoms with E-state index in [1.807, 2.05) is 0 Å². The molecule has 1 aliphatic heterocycles. The van der Waals surface area contributed by atoms with Crippen LogP contribution in [0, 0.1) is 0 Å². The van der Waals surface area contributed by atoms with Gasteiger partial charge in [-0.15, -0.1) is 0 Å². The predicted molar refractivity (Wildman–Crippen MR) is 35.9 cm³/mol. The minimum atomic E-state index is -2.10. The molecule has 0 aromatic carbocycles. The van der Waals surface area contributed by atoms with Crippen molar-refractivity contribution in [2.45, 2.75) is 12.5 Å². The van der Waals surface area contributed by atoms with Crippen LogP contribution in [0.25, 0.3) is 0 Å². The Morgan fingerprint density at radius 2 is 2.50 bits per heavy atom. The van der Waals surface area contributed by atoms with Gasteiger partial charge in [0.1, 0.15) is 0 Å². The molecule has 2 atom stereocenters. The summed E-state index contributed by atoms with van der Waals surface area (Å²) in [6.45, 7) is 1.21. The number of likely N-dealkylation sites (N-methyl/N-ethyl adjacent to an activating group) is 1. The van der Waals surface area contributed by atoms with Crippen LogP contribution >= 0.6 is 0 Å². The molecule has 1 saturated heterocycles. The van der Waals surface area contributed by atoms with Crippen LogP contribution in [0.5, 0.6) is 0 Å². The maximum Gasteiger partial charge on any atom is 0.0632 e. The van der Waals surface area contributed by atoms with Gasteiger partial charge in [-0.05, 0) is 13.5 Å². The zero-order valence-corrected chi connectivity index (χ0v) is 6.60. The van der Waals surface area contributed by atoms with Crippen LogP contribution in [0.15, 0.2) is 0 Å². The Kier molecular flexibility index (Phi) is 2.79. The van der Waals surface area contributed by atoms with E-state index in [0.717, 1.165) is 6.42 Å². The zero-order valence-electron chi connectivity index (χ0n) is 5.78. The molecule has 0 bridgehead atoms. The molecule has 60 valence electrons. The monoisotopic (exact) mass is 164 g/mol. The summed E-state index contributed by atoms with van der Waals surface area (Å²) in [4.78, 5) is 0. The summed E-state index contributed by atoms with van der Waals surface area (Å²) in [5.74, 6) is 0. The van der Waals surface area contributed by atoms with Crippen molar-refractivity contribution in [3.63, 3.8) is 0 Å². The van der Waals surface area contributed by atoms with Gasteiger partial charge in [-0.2, -0.15) is 0 Å². The highest BCUT2D eigenvalue weighted by molar-refractivity contribution is 7.76. The van der Waals surface area contributed by atoms with Gasteiger partial charge < -0.3 is 9.29 Å². The van der Waals surface area contributed by atoms with Crippen LogP contribution in [0.1, 0.15) is 6.42 Å². The standard InChI is InChI=1S/C5H11NO3S/c1-6(10(7)8)5-2-3-9-4-5/h5H,2-4H2,1H3,(H,7,8)/p-1. The summed E-state index contributed by atoms with van der Waals surface area (Å²) in [5, 5.41) is 0. The fraction of sp³-hybridized carbons (Fsp3) is 1.00. The van der Waals surface area contributed by atoms with Crippen LogP contribution in [0.4, 0.5) is 0 Å². The summed E-state index contributed by atoms with van der Waals surface area (Å²) in [6.07, 6.45) is 0.810. The molecule has 5 heteroatoms. The van der Waals surface area contributed by atoms with E-state index < -0.39 is 11.3 Å². The molecule has 0 amide bonds. The van der Waals surface area contributed by atoms with E-state index in [2.05, 4.69) is 0 Å². The lowest BCUT2D eigenvalue weighted by atomic mass is 10.3. The molecule has 0 aromatic rings. The van der Waals surface area contributed by atoms with Gasteiger partial charge in [0.15, 0.2) is 0 Å². The van der Waals surface area contributed by atoms with Gasteiger partial charge in [-0.3, -0.25) is 4.21 Å². The fourth-order valence-corrected chi connectivity index (χ4v) is 1.34. The van der Waals surface area contributed by atoms with E-state index in [-0.39, 0.29) is 6.04 Å². The second-order valence-electron chi connectivity index (χ2n) is 2.28. The van der Waals surface area contributed by atoms with E-state index in [0.29, 0.717) is 13.2 Å². The summed E-state index contributed by atoms with van der Waals surface area (Å²) in [6, 6.07) is 0.0540. The first-order valence-corrected chi connectivity index (χ1v) is 4.15. The van der Waals surface area contributed by atoms with Gasteiger partial charge >= 0.3 is 0 Å². The molecule has 0 radical (unpaired) electrons. The molecule has 0 aromatic heterocycles. The van der Waals surface area contributed by atoms with E-state index in [1.165, 1.54) is 4.31 Å². The summed E-state index contributed by atoms with van der Waals surface area (Å²) in [7, 11) is 1.56. The van der Waals surface area contributed by atoms with Gasteiger partial charge in [0.2, 0.25) is 0 Å². The lowest BCUT2D eigenvalue weighted by Gasteiger charge is -2.24. The third-order valence-electron chi connectivity index (χ3n) is 1.66. The Balaban J connectivity index is 2.39. The number of ether oxygens (including phenoxy) is 1. The maximum absolute atomic E-state index is 10.4. The van der Waals surface area contributed by atoms with Crippen molar-refractivity contribution in [2.24, 2.45) is 0 Å². The van der Waals surface area contributed by atoms with Crippen molar-refractivity contribution >= 4 is 11.3 Å². The number of hydrogen-bond acceptors (Lipinski definition) is 3. The third kappa shape index (κ3) is 1.76. The Bertz CT molecular complexity index is 135. The Labute approximate surface area is 62.6 Å². The Hall–Kier alpha value is 0.0300. The first-order valence-electron chi connectivity index (χ1n) is 3.12. The molecule has 1 rings (SSSR count). The quantitative estimate of drug-likeness (QED) is 0.517. The van der Waals surface area contributed by atoms with Crippen LogP contribution in [0.2, 0.25) is 0 Å². The minimum Gasteiger partial charge on any atom is -0.760 e. The first kappa shape index (κ1) is 8.13. The fourth-order valence-electron chi connectivity index (χ4n) is 0.931. The third-order valence-corrected chi connectivity index (χ3v) is 2.42. The van der Waals surface area contributed by atoms with Crippen LogP contribution < -0.4 is 0 Å². The lowest BCUT2D eigenvalue weighted by Crippen LogP contribution is -2.33. The summed E-state index contributed by atoms with van der Waals surface area (Å²) < 4.78 is 27.0. The Morgan fingerprint density at radius 1 is 1.80 bits per heavy atom. The average molecular weight is 164 g/mol. The lowest BCUT2D eigenvalue weighted by molar-refractivity contribution is 0.180. The summed E-state index contributed by atoms with van der Waals surface area (Å²) >= 11 is -2.10. The first-order chi connectivity index (χ1) is 4.72. The number of nitrogens with zero attached hydrogens (tertiary/aromatic N) is 1. The van der Waals surface area contributed by atoms with Crippen molar-refractivity contribution in [1.29, 1.82) is 0 Å². The second kappa shape index (κ2) is 3.43. The van der Waals surface area contributed by atoms with E-state index in [9.17, 15) is 8.76 Å².